The van der Waals surface area contributed by atoms with Crippen LogP contribution in [0.3, 0.4) is 0 Å². The summed E-state index contributed by atoms with van der Waals surface area (Å²) in [5.41, 5.74) is 7.98. The van der Waals surface area contributed by atoms with E-state index in [1.165, 1.54) is 31.5 Å². The number of hydrogen-bond acceptors (Lipinski definition) is 3. The summed E-state index contributed by atoms with van der Waals surface area (Å²) >= 11 is 0. The Hall–Kier alpha value is -0.810. The highest BCUT2D eigenvalue weighted by Gasteiger charge is 2.22. The number of nitrogens with zero attached hydrogens (tertiary/aromatic N) is 2. The molecule has 0 unspecified atom stereocenters. The Bertz CT molecular complexity index is 498. The lowest BCUT2D eigenvalue weighted by Gasteiger charge is -2.30. The average molecular weight is 360 g/mol. The van der Waals surface area contributed by atoms with Gasteiger partial charge < -0.3 is 10.6 Å². The number of halogens is 2. The topological polar surface area (TPSA) is 49.6 Å². The van der Waals surface area contributed by atoms with Crippen molar-refractivity contribution in [2.45, 2.75) is 38.3 Å². The summed E-state index contributed by atoms with van der Waals surface area (Å²) in [6, 6.07) is 8.39. The molecule has 2 aliphatic rings. The van der Waals surface area contributed by atoms with Gasteiger partial charge in [-0.2, -0.15) is 0 Å². The van der Waals surface area contributed by atoms with Gasteiger partial charge in [-0.15, -0.1) is 24.8 Å². The van der Waals surface area contributed by atoms with E-state index in [4.69, 9.17) is 5.73 Å². The van der Waals surface area contributed by atoms with Crippen LogP contribution in [0.4, 0.5) is 0 Å². The fourth-order valence-corrected chi connectivity index (χ4v) is 3.29. The average Bonchev–Trinajstić information content (AvgIpc) is 3.00. The maximum atomic E-state index is 12.6. The van der Waals surface area contributed by atoms with Crippen LogP contribution in [0.1, 0.15) is 41.6 Å². The van der Waals surface area contributed by atoms with Gasteiger partial charge in [-0.05, 0) is 56.5 Å². The molecule has 3 rings (SSSR count). The standard InChI is InChI=1S/C17H25N3O.2ClH/c18-16-6-10-20(11-7-16)17(21)15-5-3-4-14(12-15)13-19-8-1-2-9-19;;/h3-5,12,16H,1-2,6-11,13,18H2;2*1H. The van der Waals surface area contributed by atoms with Crippen molar-refractivity contribution in [1.82, 2.24) is 9.80 Å². The number of carbonyl (C=O) groups is 1. The maximum Gasteiger partial charge on any atom is 0.253 e. The maximum absolute atomic E-state index is 12.6. The molecule has 6 heteroatoms. The quantitative estimate of drug-likeness (QED) is 0.902. The molecule has 0 bridgehead atoms. The molecule has 2 N–H and O–H groups in total. The monoisotopic (exact) mass is 359 g/mol. The number of hydrogen-bond donors (Lipinski definition) is 1. The molecule has 0 radical (unpaired) electrons. The molecule has 1 aromatic carbocycles. The van der Waals surface area contributed by atoms with E-state index in [2.05, 4.69) is 17.0 Å². The predicted molar refractivity (Wildman–Crippen MR) is 98.6 cm³/mol. The first-order chi connectivity index (χ1) is 10.2. The van der Waals surface area contributed by atoms with Crippen molar-refractivity contribution in [2.75, 3.05) is 26.2 Å². The largest absolute Gasteiger partial charge is 0.339 e. The molecule has 0 spiro atoms. The van der Waals surface area contributed by atoms with Crippen LogP contribution in [0, 0.1) is 0 Å². The lowest BCUT2D eigenvalue weighted by atomic mass is 10.0. The zero-order chi connectivity index (χ0) is 14.7. The van der Waals surface area contributed by atoms with E-state index in [9.17, 15) is 4.79 Å². The fraction of sp³-hybridized carbons (Fsp3) is 0.588. The highest BCUT2D eigenvalue weighted by atomic mass is 35.5. The smallest absolute Gasteiger partial charge is 0.253 e. The number of rotatable bonds is 3. The summed E-state index contributed by atoms with van der Waals surface area (Å²) in [6.45, 7) is 4.91. The molecule has 2 fully saturated rings. The minimum absolute atomic E-state index is 0. The van der Waals surface area contributed by atoms with Crippen LogP contribution in [0.15, 0.2) is 24.3 Å². The lowest BCUT2D eigenvalue weighted by molar-refractivity contribution is 0.0714. The fourth-order valence-electron chi connectivity index (χ4n) is 3.29. The van der Waals surface area contributed by atoms with Crippen molar-refractivity contribution < 1.29 is 4.79 Å². The zero-order valence-electron chi connectivity index (χ0n) is 13.4. The number of carbonyl (C=O) groups excluding carboxylic acids is 1. The van der Waals surface area contributed by atoms with Gasteiger partial charge in [-0.1, -0.05) is 12.1 Å². The zero-order valence-corrected chi connectivity index (χ0v) is 15.1. The highest BCUT2D eigenvalue weighted by Crippen LogP contribution is 2.16. The first-order valence-electron chi connectivity index (χ1n) is 8.08. The second-order valence-electron chi connectivity index (χ2n) is 6.31. The molecule has 1 aromatic rings. The van der Waals surface area contributed by atoms with Crippen molar-refractivity contribution in [3.8, 4) is 0 Å². The SMILES string of the molecule is Cl.Cl.NC1CCN(C(=O)c2cccc(CN3CCCC3)c2)CC1. The predicted octanol–water partition coefficient (Wildman–Crippen LogP) is 2.69. The van der Waals surface area contributed by atoms with Gasteiger partial charge in [0.2, 0.25) is 0 Å². The van der Waals surface area contributed by atoms with Gasteiger partial charge in [0, 0.05) is 31.2 Å². The van der Waals surface area contributed by atoms with Crippen LogP contribution < -0.4 is 5.73 Å². The Kier molecular flexibility index (Phi) is 8.34. The molecule has 0 aromatic heterocycles. The Morgan fingerprint density at radius 3 is 2.39 bits per heavy atom. The lowest BCUT2D eigenvalue weighted by Crippen LogP contribution is -2.42. The van der Waals surface area contributed by atoms with Gasteiger partial charge in [0.25, 0.3) is 5.91 Å². The van der Waals surface area contributed by atoms with E-state index in [1.807, 2.05) is 17.0 Å². The van der Waals surface area contributed by atoms with E-state index in [1.54, 1.807) is 0 Å². The van der Waals surface area contributed by atoms with Crippen LogP contribution in [-0.4, -0.2) is 47.9 Å². The molecule has 1 amide bonds. The molecule has 0 atom stereocenters. The summed E-state index contributed by atoms with van der Waals surface area (Å²) in [5, 5.41) is 0. The van der Waals surface area contributed by atoms with Gasteiger partial charge in [-0.3, -0.25) is 9.69 Å². The van der Waals surface area contributed by atoms with Crippen LogP contribution in [-0.2, 0) is 6.54 Å². The summed E-state index contributed by atoms with van der Waals surface area (Å²) in [7, 11) is 0. The summed E-state index contributed by atoms with van der Waals surface area (Å²) in [6.07, 6.45) is 4.43. The van der Waals surface area contributed by atoms with E-state index < -0.39 is 0 Å². The van der Waals surface area contributed by atoms with Crippen molar-refractivity contribution in [3.63, 3.8) is 0 Å². The Morgan fingerprint density at radius 2 is 1.74 bits per heavy atom. The van der Waals surface area contributed by atoms with Crippen molar-refractivity contribution in [1.29, 1.82) is 0 Å². The first-order valence-corrected chi connectivity index (χ1v) is 8.08. The molecule has 23 heavy (non-hydrogen) atoms. The van der Waals surface area contributed by atoms with E-state index in [-0.39, 0.29) is 36.8 Å². The molecule has 0 saturated carbocycles. The number of nitrogens with two attached hydrogens (primary N) is 1. The van der Waals surface area contributed by atoms with Crippen LogP contribution in [0.5, 0.6) is 0 Å². The normalized spacial score (nSPS) is 19.1. The summed E-state index contributed by atoms with van der Waals surface area (Å²) in [5.74, 6) is 0.158. The molecule has 2 heterocycles. The van der Waals surface area contributed by atoms with Crippen LogP contribution in [0.2, 0.25) is 0 Å². The van der Waals surface area contributed by atoms with Crippen LogP contribution >= 0.6 is 24.8 Å². The third-order valence-electron chi connectivity index (χ3n) is 4.61. The highest BCUT2D eigenvalue weighted by molar-refractivity contribution is 5.94. The Balaban J connectivity index is 0.00000132. The number of benzene rings is 1. The van der Waals surface area contributed by atoms with Gasteiger partial charge >= 0.3 is 0 Å². The Morgan fingerprint density at radius 1 is 1.09 bits per heavy atom. The molecule has 2 aliphatic heterocycles. The van der Waals surface area contributed by atoms with Gasteiger partial charge in [0.1, 0.15) is 0 Å². The molecule has 2 saturated heterocycles. The molecular weight excluding hydrogens is 333 g/mol. The second kappa shape index (κ2) is 9.48. The third kappa shape index (κ3) is 5.35. The minimum atomic E-state index is 0. The number of piperidine rings is 1. The van der Waals surface area contributed by atoms with Gasteiger partial charge in [-0.25, -0.2) is 0 Å². The summed E-state index contributed by atoms with van der Waals surface area (Å²) in [4.78, 5) is 17.0. The van der Waals surface area contributed by atoms with E-state index in [0.717, 1.165) is 38.0 Å². The van der Waals surface area contributed by atoms with Gasteiger partial charge in [0.15, 0.2) is 0 Å². The van der Waals surface area contributed by atoms with Crippen molar-refractivity contribution >= 4 is 30.7 Å². The van der Waals surface area contributed by atoms with Crippen molar-refractivity contribution in [3.05, 3.63) is 35.4 Å². The number of likely N-dealkylation sites (tertiary alicyclic amines) is 2. The van der Waals surface area contributed by atoms with Gasteiger partial charge in [0.05, 0.1) is 0 Å². The molecular formula is C17H27Cl2N3O. The molecule has 4 nitrogen and oxygen atoms in total. The molecule has 130 valence electrons. The number of amides is 1. The van der Waals surface area contributed by atoms with E-state index >= 15 is 0 Å². The third-order valence-corrected chi connectivity index (χ3v) is 4.61. The molecule has 0 aliphatic carbocycles. The van der Waals surface area contributed by atoms with Crippen LogP contribution in [0.25, 0.3) is 0 Å². The second-order valence-corrected chi connectivity index (χ2v) is 6.31. The van der Waals surface area contributed by atoms with E-state index in [0.29, 0.717) is 0 Å². The Labute approximate surface area is 151 Å². The van der Waals surface area contributed by atoms with Crippen molar-refractivity contribution in [2.24, 2.45) is 5.73 Å². The summed E-state index contributed by atoms with van der Waals surface area (Å²) < 4.78 is 0. The minimum Gasteiger partial charge on any atom is -0.339 e. The first kappa shape index (κ1) is 20.2.